The van der Waals surface area contributed by atoms with Gasteiger partial charge in [-0.2, -0.15) is 0 Å². The van der Waals surface area contributed by atoms with E-state index in [0.717, 1.165) is 25.1 Å². The molecule has 22 heavy (non-hydrogen) atoms. The molecule has 1 heterocycles. The van der Waals surface area contributed by atoms with Crippen molar-refractivity contribution < 1.29 is 14.3 Å². The minimum absolute atomic E-state index is 0.100. The van der Waals surface area contributed by atoms with Crippen LogP contribution in [0.1, 0.15) is 31.2 Å². The van der Waals surface area contributed by atoms with Crippen LogP contribution in [0.15, 0.2) is 18.2 Å². The third-order valence-electron chi connectivity index (χ3n) is 4.20. The molecule has 1 aliphatic heterocycles. The lowest BCUT2D eigenvalue weighted by Gasteiger charge is -2.22. The van der Waals surface area contributed by atoms with Crippen LogP contribution < -0.4 is 20.1 Å². The van der Waals surface area contributed by atoms with Crippen molar-refractivity contribution in [1.29, 1.82) is 0 Å². The highest BCUT2D eigenvalue weighted by Crippen LogP contribution is 2.30. The SMILES string of the molecule is COc1cccc(CNC(=O)CCC2CCNCC2)c1OC. The van der Waals surface area contributed by atoms with E-state index in [1.54, 1.807) is 14.2 Å². The van der Waals surface area contributed by atoms with Gasteiger partial charge in [-0.25, -0.2) is 0 Å². The summed E-state index contributed by atoms with van der Waals surface area (Å²) in [5.74, 6) is 2.15. The van der Waals surface area contributed by atoms with Gasteiger partial charge in [-0.05, 0) is 44.3 Å². The summed E-state index contributed by atoms with van der Waals surface area (Å²) in [6.07, 6.45) is 3.92. The lowest BCUT2D eigenvalue weighted by atomic mass is 9.93. The van der Waals surface area contributed by atoms with Crippen LogP contribution in [0.3, 0.4) is 0 Å². The molecule has 0 bridgehead atoms. The van der Waals surface area contributed by atoms with Gasteiger partial charge in [-0.15, -0.1) is 0 Å². The van der Waals surface area contributed by atoms with Gasteiger partial charge < -0.3 is 20.1 Å². The highest BCUT2D eigenvalue weighted by Gasteiger charge is 2.15. The van der Waals surface area contributed by atoms with E-state index in [0.29, 0.717) is 30.4 Å². The molecule has 5 nitrogen and oxygen atoms in total. The zero-order valence-electron chi connectivity index (χ0n) is 13.5. The molecule has 1 aromatic rings. The average molecular weight is 306 g/mol. The number of hydrogen-bond acceptors (Lipinski definition) is 4. The number of hydrogen-bond donors (Lipinski definition) is 2. The van der Waals surface area contributed by atoms with Crippen molar-refractivity contribution in [2.75, 3.05) is 27.3 Å². The molecule has 122 valence electrons. The first-order valence-electron chi connectivity index (χ1n) is 7.92. The first-order chi connectivity index (χ1) is 10.7. The number of methoxy groups -OCH3 is 2. The van der Waals surface area contributed by atoms with Gasteiger partial charge >= 0.3 is 0 Å². The molecule has 0 spiro atoms. The Morgan fingerprint density at radius 1 is 1.27 bits per heavy atom. The smallest absolute Gasteiger partial charge is 0.220 e. The Labute approximate surface area is 132 Å². The molecule has 0 atom stereocenters. The van der Waals surface area contributed by atoms with Crippen molar-refractivity contribution in [2.45, 2.75) is 32.2 Å². The monoisotopic (exact) mass is 306 g/mol. The third-order valence-corrected chi connectivity index (χ3v) is 4.20. The van der Waals surface area contributed by atoms with Crippen molar-refractivity contribution in [3.05, 3.63) is 23.8 Å². The van der Waals surface area contributed by atoms with Crippen molar-refractivity contribution in [1.82, 2.24) is 10.6 Å². The van der Waals surface area contributed by atoms with E-state index in [1.807, 2.05) is 18.2 Å². The highest BCUT2D eigenvalue weighted by atomic mass is 16.5. The van der Waals surface area contributed by atoms with Crippen LogP contribution in [0.25, 0.3) is 0 Å². The van der Waals surface area contributed by atoms with Crippen molar-refractivity contribution in [2.24, 2.45) is 5.92 Å². The number of rotatable bonds is 7. The number of para-hydroxylation sites is 1. The van der Waals surface area contributed by atoms with Gasteiger partial charge in [0.25, 0.3) is 0 Å². The van der Waals surface area contributed by atoms with Gasteiger partial charge in [0, 0.05) is 18.5 Å². The molecule has 2 N–H and O–H groups in total. The minimum atomic E-state index is 0.100. The molecule has 0 radical (unpaired) electrons. The summed E-state index contributed by atoms with van der Waals surface area (Å²) in [6.45, 7) is 2.62. The molecule has 1 fully saturated rings. The van der Waals surface area contributed by atoms with Crippen LogP contribution in [-0.4, -0.2) is 33.2 Å². The van der Waals surface area contributed by atoms with E-state index in [4.69, 9.17) is 9.47 Å². The van der Waals surface area contributed by atoms with Crippen molar-refractivity contribution in [3.8, 4) is 11.5 Å². The summed E-state index contributed by atoms with van der Waals surface area (Å²) in [5.41, 5.74) is 0.928. The quantitative estimate of drug-likeness (QED) is 0.810. The number of nitrogens with one attached hydrogen (secondary N) is 2. The maximum absolute atomic E-state index is 12.0. The second-order valence-corrected chi connectivity index (χ2v) is 5.66. The van der Waals surface area contributed by atoms with Crippen LogP contribution in [-0.2, 0) is 11.3 Å². The number of piperidine rings is 1. The molecular weight excluding hydrogens is 280 g/mol. The Kier molecular flexibility index (Phi) is 6.52. The van der Waals surface area contributed by atoms with E-state index < -0.39 is 0 Å². The zero-order valence-corrected chi connectivity index (χ0v) is 13.5. The number of carbonyl (C=O) groups is 1. The lowest BCUT2D eigenvalue weighted by Crippen LogP contribution is -2.29. The number of carbonyl (C=O) groups excluding carboxylic acids is 1. The molecule has 5 heteroatoms. The van der Waals surface area contributed by atoms with Crippen LogP contribution in [0.4, 0.5) is 0 Å². The van der Waals surface area contributed by atoms with Gasteiger partial charge in [-0.1, -0.05) is 12.1 Å². The van der Waals surface area contributed by atoms with Crippen LogP contribution >= 0.6 is 0 Å². The maximum atomic E-state index is 12.0. The fraction of sp³-hybridized carbons (Fsp3) is 0.588. The van der Waals surface area contributed by atoms with Crippen molar-refractivity contribution >= 4 is 5.91 Å². The van der Waals surface area contributed by atoms with Gasteiger partial charge in [0.2, 0.25) is 5.91 Å². The van der Waals surface area contributed by atoms with Gasteiger partial charge in [0.15, 0.2) is 11.5 Å². The van der Waals surface area contributed by atoms with Crippen molar-refractivity contribution in [3.63, 3.8) is 0 Å². The Bertz CT molecular complexity index is 485. The average Bonchev–Trinajstić information content (AvgIpc) is 2.58. The van der Waals surface area contributed by atoms with E-state index in [9.17, 15) is 4.79 Å². The minimum Gasteiger partial charge on any atom is -0.493 e. The van der Waals surface area contributed by atoms with Crippen LogP contribution in [0, 0.1) is 5.92 Å². The number of amides is 1. The summed E-state index contributed by atoms with van der Waals surface area (Å²) < 4.78 is 10.6. The summed E-state index contributed by atoms with van der Waals surface area (Å²) in [4.78, 5) is 12.0. The summed E-state index contributed by atoms with van der Waals surface area (Å²) in [7, 11) is 3.22. The molecule has 2 rings (SSSR count). The molecule has 0 aliphatic carbocycles. The molecule has 1 aliphatic rings. The molecule has 1 amide bonds. The molecule has 1 saturated heterocycles. The largest absolute Gasteiger partial charge is 0.493 e. The first-order valence-corrected chi connectivity index (χ1v) is 7.92. The van der Waals surface area contributed by atoms with E-state index in [1.165, 1.54) is 12.8 Å². The Morgan fingerprint density at radius 3 is 2.73 bits per heavy atom. The van der Waals surface area contributed by atoms with E-state index >= 15 is 0 Å². The van der Waals surface area contributed by atoms with Crippen LogP contribution in [0.2, 0.25) is 0 Å². The molecule has 0 aromatic heterocycles. The summed E-state index contributed by atoms with van der Waals surface area (Å²) in [5, 5.41) is 6.32. The topological polar surface area (TPSA) is 59.6 Å². The number of benzene rings is 1. The molecular formula is C17H26N2O3. The second kappa shape index (κ2) is 8.63. The molecule has 0 saturated carbocycles. The molecule has 1 aromatic carbocycles. The standard InChI is InChI=1S/C17H26N2O3/c1-21-15-5-3-4-14(17(15)22-2)12-19-16(20)7-6-13-8-10-18-11-9-13/h3-5,13,18H,6-12H2,1-2H3,(H,19,20). The highest BCUT2D eigenvalue weighted by molar-refractivity contribution is 5.76. The maximum Gasteiger partial charge on any atom is 0.220 e. The van der Waals surface area contributed by atoms with Gasteiger partial charge in [0.05, 0.1) is 14.2 Å². The molecule has 0 unspecified atom stereocenters. The summed E-state index contributed by atoms with van der Waals surface area (Å²) in [6, 6.07) is 5.69. The predicted octanol–water partition coefficient (Wildman–Crippen LogP) is 2.10. The first kappa shape index (κ1) is 16.6. The normalized spacial score (nSPS) is 15.4. The van der Waals surface area contributed by atoms with Gasteiger partial charge in [-0.3, -0.25) is 4.79 Å². The van der Waals surface area contributed by atoms with Gasteiger partial charge in [0.1, 0.15) is 0 Å². The van der Waals surface area contributed by atoms with E-state index in [-0.39, 0.29) is 5.91 Å². The second-order valence-electron chi connectivity index (χ2n) is 5.66. The van der Waals surface area contributed by atoms with Crippen LogP contribution in [0.5, 0.6) is 11.5 Å². The Hall–Kier alpha value is -1.75. The third kappa shape index (κ3) is 4.63. The predicted molar refractivity (Wildman–Crippen MR) is 86.2 cm³/mol. The Morgan fingerprint density at radius 2 is 2.05 bits per heavy atom. The Balaban J connectivity index is 1.80. The number of ether oxygens (including phenoxy) is 2. The summed E-state index contributed by atoms with van der Waals surface area (Å²) >= 11 is 0. The van der Waals surface area contributed by atoms with E-state index in [2.05, 4.69) is 10.6 Å². The zero-order chi connectivity index (χ0) is 15.8. The fourth-order valence-electron chi connectivity index (χ4n) is 2.88. The fourth-order valence-corrected chi connectivity index (χ4v) is 2.88. The lowest BCUT2D eigenvalue weighted by molar-refractivity contribution is -0.121.